The number of aromatic nitrogens is 3. The highest BCUT2D eigenvalue weighted by molar-refractivity contribution is 5.94. The Labute approximate surface area is 145 Å². The fraction of sp³-hybridized carbons (Fsp3) is 0.167. The van der Waals surface area contributed by atoms with Gasteiger partial charge in [-0.25, -0.2) is 4.98 Å². The van der Waals surface area contributed by atoms with Gasteiger partial charge in [-0.1, -0.05) is 12.1 Å². The lowest BCUT2D eigenvalue weighted by molar-refractivity contribution is -0.122. The minimum absolute atomic E-state index is 0.245. The van der Waals surface area contributed by atoms with Crippen LogP contribution in [0.3, 0.4) is 0 Å². The average molecular weight is 338 g/mol. The zero-order valence-electron chi connectivity index (χ0n) is 13.9. The number of rotatable bonds is 6. The summed E-state index contributed by atoms with van der Waals surface area (Å²) in [7, 11) is 1.60. The van der Waals surface area contributed by atoms with Crippen LogP contribution in [0.5, 0.6) is 11.5 Å². The van der Waals surface area contributed by atoms with E-state index in [0.29, 0.717) is 17.3 Å². The highest BCUT2D eigenvalue weighted by Crippen LogP contribution is 2.20. The molecule has 1 unspecified atom stereocenters. The van der Waals surface area contributed by atoms with Crippen LogP contribution in [0, 0.1) is 0 Å². The van der Waals surface area contributed by atoms with E-state index >= 15 is 0 Å². The lowest BCUT2D eigenvalue weighted by Crippen LogP contribution is -2.30. The molecular formula is C18H18N4O3. The van der Waals surface area contributed by atoms with Gasteiger partial charge in [0.25, 0.3) is 5.91 Å². The molecule has 0 saturated carbocycles. The van der Waals surface area contributed by atoms with Crippen molar-refractivity contribution in [2.75, 3.05) is 12.4 Å². The first-order chi connectivity index (χ1) is 12.2. The maximum atomic E-state index is 12.3. The number of hydrogen-bond acceptors (Lipinski definition) is 5. The van der Waals surface area contributed by atoms with Crippen LogP contribution in [-0.4, -0.2) is 34.3 Å². The van der Waals surface area contributed by atoms with E-state index in [1.165, 1.54) is 6.33 Å². The summed E-state index contributed by atoms with van der Waals surface area (Å²) in [5, 5.41) is 9.45. The van der Waals surface area contributed by atoms with Crippen molar-refractivity contribution in [3.63, 3.8) is 0 Å². The highest BCUT2D eigenvalue weighted by atomic mass is 16.5. The minimum Gasteiger partial charge on any atom is -0.497 e. The zero-order chi connectivity index (χ0) is 17.6. The first-order valence-corrected chi connectivity index (χ1v) is 7.73. The lowest BCUT2D eigenvalue weighted by Gasteiger charge is -2.15. The summed E-state index contributed by atoms with van der Waals surface area (Å²) in [5.74, 6) is 1.72. The number of aromatic amines is 1. The van der Waals surface area contributed by atoms with E-state index in [1.54, 1.807) is 44.4 Å². The van der Waals surface area contributed by atoms with Crippen LogP contribution < -0.4 is 14.8 Å². The third-order valence-electron chi connectivity index (χ3n) is 3.56. The van der Waals surface area contributed by atoms with Crippen molar-refractivity contribution in [2.24, 2.45) is 0 Å². The predicted octanol–water partition coefficient (Wildman–Crippen LogP) is 2.89. The number of methoxy groups -OCH3 is 1. The number of anilines is 1. The summed E-state index contributed by atoms with van der Waals surface area (Å²) >= 11 is 0. The first kappa shape index (κ1) is 16.5. The Bertz CT molecular complexity index is 832. The SMILES string of the molecule is COc1ccc(OC(C)C(=O)Nc2cccc(-c3ncn[nH]3)c2)cc1. The van der Waals surface area contributed by atoms with Crippen LogP contribution in [0.1, 0.15) is 6.92 Å². The third-order valence-corrected chi connectivity index (χ3v) is 3.56. The number of carbonyl (C=O) groups is 1. The summed E-state index contributed by atoms with van der Waals surface area (Å²) in [4.78, 5) is 16.4. The number of H-pyrrole nitrogens is 1. The number of nitrogens with one attached hydrogen (secondary N) is 2. The Kier molecular flexibility index (Phi) is 4.94. The molecule has 2 aromatic carbocycles. The maximum Gasteiger partial charge on any atom is 0.265 e. The molecule has 3 aromatic rings. The van der Waals surface area contributed by atoms with Gasteiger partial charge in [-0.3, -0.25) is 9.89 Å². The van der Waals surface area contributed by atoms with Crippen LogP contribution in [-0.2, 0) is 4.79 Å². The minimum atomic E-state index is -0.651. The topological polar surface area (TPSA) is 89.1 Å². The number of hydrogen-bond donors (Lipinski definition) is 2. The van der Waals surface area contributed by atoms with Crippen molar-refractivity contribution in [1.29, 1.82) is 0 Å². The Hall–Kier alpha value is -3.35. The first-order valence-electron chi connectivity index (χ1n) is 7.73. The Morgan fingerprint density at radius 2 is 1.92 bits per heavy atom. The monoisotopic (exact) mass is 338 g/mol. The molecule has 0 radical (unpaired) electrons. The van der Waals surface area contributed by atoms with Crippen molar-refractivity contribution in [3.05, 3.63) is 54.9 Å². The molecule has 0 saturated heterocycles. The molecular weight excluding hydrogens is 320 g/mol. The van der Waals surface area contributed by atoms with Crippen molar-refractivity contribution in [2.45, 2.75) is 13.0 Å². The summed E-state index contributed by atoms with van der Waals surface area (Å²) in [6.45, 7) is 1.69. The van der Waals surface area contributed by atoms with Crippen LogP contribution in [0.4, 0.5) is 5.69 Å². The maximum absolute atomic E-state index is 12.3. The van der Waals surface area contributed by atoms with Gasteiger partial charge in [0.1, 0.15) is 17.8 Å². The quantitative estimate of drug-likeness (QED) is 0.721. The molecule has 0 aliphatic rings. The van der Waals surface area contributed by atoms with Gasteiger partial charge in [-0.05, 0) is 43.3 Å². The molecule has 0 aliphatic heterocycles. The molecule has 0 fully saturated rings. The van der Waals surface area contributed by atoms with Crippen LogP contribution in [0.2, 0.25) is 0 Å². The average Bonchev–Trinajstić information content (AvgIpc) is 3.17. The summed E-state index contributed by atoms with van der Waals surface area (Å²) in [6, 6.07) is 14.4. The van der Waals surface area contributed by atoms with Crippen LogP contribution >= 0.6 is 0 Å². The van der Waals surface area contributed by atoms with E-state index in [-0.39, 0.29) is 5.91 Å². The van der Waals surface area contributed by atoms with Crippen molar-refractivity contribution < 1.29 is 14.3 Å². The highest BCUT2D eigenvalue weighted by Gasteiger charge is 2.15. The molecule has 0 spiro atoms. The van der Waals surface area contributed by atoms with E-state index in [4.69, 9.17) is 9.47 Å². The largest absolute Gasteiger partial charge is 0.497 e. The molecule has 128 valence electrons. The Balaban J connectivity index is 1.64. The van der Waals surface area contributed by atoms with Gasteiger partial charge in [-0.2, -0.15) is 5.10 Å². The summed E-state index contributed by atoms with van der Waals surface area (Å²) < 4.78 is 10.7. The van der Waals surface area contributed by atoms with E-state index < -0.39 is 6.10 Å². The second-order valence-corrected chi connectivity index (χ2v) is 5.34. The van der Waals surface area contributed by atoms with E-state index in [1.807, 2.05) is 18.2 Å². The van der Waals surface area contributed by atoms with Gasteiger partial charge < -0.3 is 14.8 Å². The molecule has 0 aliphatic carbocycles. The zero-order valence-corrected chi connectivity index (χ0v) is 13.9. The normalized spacial score (nSPS) is 11.6. The van der Waals surface area contributed by atoms with Gasteiger partial charge >= 0.3 is 0 Å². The van der Waals surface area contributed by atoms with E-state index in [9.17, 15) is 4.79 Å². The summed E-state index contributed by atoms with van der Waals surface area (Å²) in [5.41, 5.74) is 1.49. The Morgan fingerprint density at radius 1 is 1.16 bits per heavy atom. The predicted molar refractivity (Wildman–Crippen MR) is 93.5 cm³/mol. The Morgan fingerprint density at radius 3 is 2.60 bits per heavy atom. The van der Waals surface area contributed by atoms with Crippen molar-refractivity contribution in [3.8, 4) is 22.9 Å². The number of ether oxygens (including phenoxy) is 2. The molecule has 1 atom stereocenters. The standard InChI is InChI=1S/C18H18N4O3/c1-12(25-16-8-6-15(24-2)7-9-16)18(23)21-14-5-3-4-13(10-14)17-19-11-20-22-17/h3-12H,1-2H3,(H,21,23)(H,19,20,22). The molecule has 7 nitrogen and oxygen atoms in total. The fourth-order valence-corrected chi connectivity index (χ4v) is 2.24. The molecule has 2 N–H and O–H groups in total. The van der Waals surface area contributed by atoms with Crippen molar-refractivity contribution in [1.82, 2.24) is 15.2 Å². The van der Waals surface area contributed by atoms with E-state index in [0.717, 1.165) is 11.3 Å². The molecule has 3 rings (SSSR count). The van der Waals surface area contributed by atoms with Gasteiger partial charge in [0.15, 0.2) is 11.9 Å². The second-order valence-electron chi connectivity index (χ2n) is 5.34. The van der Waals surface area contributed by atoms with Gasteiger partial charge in [0, 0.05) is 11.3 Å². The van der Waals surface area contributed by atoms with Gasteiger partial charge in [0.05, 0.1) is 7.11 Å². The number of nitrogens with zero attached hydrogens (tertiary/aromatic N) is 2. The summed E-state index contributed by atoms with van der Waals surface area (Å²) in [6.07, 6.45) is 0.785. The van der Waals surface area contributed by atoms with Gasteiger partial charge in [-0.15, -0.1) is 0 Å². The van der Waals surface area contributed by atoms with E-state index in [2.05, 4.69) is 20.5 Å². The number of amides is 1. The molecule has 1 heterocycles. The van der Waals surface area contributed by atoms with Crippen molar-refractivity contribution >= 4 is 11.6 Å². The number of benzene rings is 2. The smallest absolute Gasteiger partial charge is 0.265 e. The number of carbonyl (C=O) groups excluding carboxylic acids is 1. The second kappa shape index (κ2) is 7.48. The van der Waals surface area contributed by atoms with Gasteiger partial charge in [0.2, 0.25) is 0 Å². The third kappa shape index (κ3) is 4.14. The molecule has 25 heavy (non-hydrogen) atoms. The molecule has 7 heteroatoms. The lowest BCUT2D eigenvalue weighted by atomic mass is 10.2. The van der Waals surface area contributed by atoms with Crippen LogP contribution in [0.15, 0.2) is 54.9 Å². The molecule has 0 bridgehead atoms. The fourth-order valence-electron chi connectivity index (χ4n) is 2.24. The molecule has 1 amide bonds. The molecule has 1 aromatic heterocycles. The van der Waals surface area contributed by atoms with Crippen LogP contribution in [0.25, 0.3) is 11.4 Å².